The van der Waals surface area contributed by atoms with E-state index in [-0.39, 0.29) is 18.2 Å². The van der Waals surface area contributed by atoms with Crippen LogP contribution in [-0.2, 0) is 16.2 Å². The number of hydrogen-bond acceptors (Lipinski definition) is 5. The van der Waals surface area contributed by atoms with E-state index in [1.165, 1.54) is 0 Å². The number of amides is 2. The van der Waals surface area contributed by atoms with Crippen molar-refractivity contribution in [2.24, 2.45) is 5.92 Å². The highest BCUT2D eigenvalue weighted by Gasteiger charge is 2.35. The van der Waals surface area contributed by atoms with Crippen LogP contribution in [0.2, 0.25) is 0 Å². The average molecular weight is 431 g/mol. The van der Waals surface area contributed by atoms with Crippen molar-refractivity contribution < 1.29 is 19.1 Å². The fraction of sp³-hybridized carbons (Fsp3) is 0.200. The highest BCUT2D eigenvalue weighted by molar-refractivity contribution is 6.00. The van der Waals surface area contributed by atoms with Crippen molar-refractivity contribution in [1.82, 2.24) is 5.43 Å². The highest BCUT2D eigenvalue weighted by Crippen LogP contribution is 2.31. The monoisotopic (exact) mass is 431 g/mol. The highest BCUT2D eigenvalue weighted by atomic mass is 16.5. The molecule has 1 heterocycles. The molecule has 1 aliphatic rings. The van der Waals surface area contributed by atoms with Gasteiger partial charge in [-0.25, -0.2) is 0 Å². The number of nitrogens with one attached hydrogen (secondary N) is 2. The summed E-state index contributed by atoms with van der Waals surface area (Å²) in [6.45, 7) is 0.778. The fourth-order valence-corrected chi connectivity index (χ4v) is 3.58. The minimum atomic E-state index is -0.425. The zero-order chi connectivity index (χ0) is 22.3. The van der Waals surface area contributed by atoms with Crippen LogP contribution in [0, 0.1) is 5.92 Å². The summed E-state index contributed by atoms with van der Waals surface area (Å²) in [6, 6.07) is 24.6. The van der Waals surface area contributed by atoms with Crippen molar-refractivity contribution in [2.45, 2.75) is 13.0 Å². The first-order valence-electron chi connectivity index (χ1n) is 10.4. The number of nitrogens with zero attached hydrogens (tertiary/aromatic N) is 1. The average Bonchev–Trinajstić information content (AvgIpc) is 3.24. The lowest BCUT2D eigenvalue weighted by Crippen LogP contribution is -2.36. The first-order valence-corrected chi connectivity index (χ1v) is 10.4. The number of methoxy groups -OCH3 is 1. The topological polar surface area (TPSA) is 79.9 Å². The van der Waals surface area contributed by atoms with Crippen LogP contribution in [0.15, 0.2) is 78.9 Å². The molecule has 32 heavy (non-hydrogen) atoms. The lowest BCUT2D eigenvalue weighted by Gasteiger charge is -2.17. The lowest BCUT2D eigenvalue weighted by atomic mass is 10.1. The number of benzene rings is 3. The molecule has 7 nitrogen and oxygen atoms in total. The van der Waals surface area contributed by atoms with E-state index in [1.54, 1.807) is 30.2 Å². The number of anilines is 2. The van der Waals surface area contributed by atoms with E-state index in [9.17, 15) is 9.59 Å². The zero-order valence-corrected chi connectivity index (χ0v) is 17.8. The second-order valence-corrected chi connectivity index (χ2v) is 7.50. The molecule has 3 aromatic rings. The summed E-state index contributed by atoms with van der Waals surface area (Å²) >= 11 is 0. The van der Waals surface area contributed by atoms with Gasteiger partial charge in [-0.2, -0.15) is 0 Å². The van der Waals surface area contributed by atoms with Crippen LogP contribution < -0.4 is 25.2 Å². The van der Waals surface area contributed by atoms with Gasteiger partial charge in [-0.1, -0.05) is 48.5 Å². The summed E-state index contributed by atoms with van der Waals surface area (Å²) in [7, 11) is 1.56. The Labute approximate surface area is 186 Å². The van der Waals surface area contributed by atoms with Crippen LogP contribution in [0.4, 0.5) is 11.4 Å². The fourth-order valence-electron chi connectivity index (χ4n) is 3.58. The van der Waals surface area contributed by atoms with Crippen LogP contribution in [0.3, 0.4) is 0 Å². The first-order chi connectivity index (χ1) is 15.6. The molecule has 3 aromatic carbocycles. The standard InChI is InChI=1S/C25H25N3O4/c1-31-23-15-20(12-13-22(23)32-17-18-8-4-2-5-9-18)26-27-25(30)19-14-24(29)28(16-19)21-10-6-3-7-11-21/h2-13,15,19,26H,14,16-17H2,1H3,(H,27,30)/t19-/m0/s1. The normalized spacial score (nSPS) is 15.3. The molecule has 0 saturated carbocycles. The van der Waals surface area contributed by atoms with E-state index in [4.69, 9.17) is 9.47 Å². The van der Waals surface area contributed by atoms with E-state index in [2.05, 4.69) is 10.9 Å². The number of rotatable bonds is 8. The van der Waals surface area contributed by atoms with E-state index in [0.717, 1.165) is 11.3 Å². The van der Waals surface area contributed by atoms with E-state index in [0.29, 0.717) is 30.3 Å². The minimum absolute atomic E-state index is 0.0575. The molecule has 0 aliphatic carbocycles. The molecule has 0 aromatic heterocycles. The second kappa shape index (κ2) is 9.87. The van der Waals surface area contributed by atoms with Crippen molar-refractivity contribution in [3.05, 3.63) is 84.4 Å². The Morgan fingerprint density at radius 2 is 1.72 bits per heavy atom. The van der Waals surface area contributed by atoms with E-state index >= 15 is 0 Å². The largest absolute Gasteiger partial charge is 0.493 e. The Bertz CT molecular complexity index is 1070. The first kappa shape index (κ1) is 21.2. The summed E-state index contributed by atoms with van der Waals surface area (Å²) in [5.74, 6) is 0.434. The van der Waals surface area contributed by atoms with Gasteiger partial charge >= 0.3 is 0 Å². The van der Waals surface area contributed by atoms with Gasteiger partial charge in [0.25, 0.3) is 0 Å². The molecular formula is C25H25N3O4. The molecule has 1 saturated heterocycles. The molecule has 1 aliphatic heterocycles. The van der Waals surface area contributed by atoms with Gasteiger partial charge in [-0.3, -0.25) is 20.4 Å². The maximum atomic E-state index is 12.6. The maximum absolute atomic E-state index is 12.6. The van der Waals surface area contributed by atoms with Crippen LogP contribution in [0.5, 0.6) is 11.5 Å². The summed E-state index contributed by atoms with van der Waals surface area (Å²) < 4.78 is 11.3. The van der Waals surface area contributed by atoms with Crippen molar-refractivity contribution in [1.29, 1.82) is 0 Å². The summed E-state index contributed by atoms with van der Waals surface area (Å²) in [4.78, 5) is 26.6. The number of carbonyl (C=O) groups is 2. The third-order valence-electron chi connectivity index (χ3n) is 5.29. The Kier molecular flexibility index (Phi) is 6.55. The molecule has 4 rings (SSSR count). The van der Waals surface area contributed by atoms with Crippen LogP contribution >= 0.6 is 0 Å². The quantitative estimate of drug-likeness (QED) is 0.531. The molecule has 1 fully saturated rings. The second-order valence-electron chi connectivity index (χ2n) is 7.50. The van der Waals surface area contributed by atoms with Gasteiger partial charge in [0.15, 0.2) is 11.5 Å². The van der Waals surface area contributed by atoms with Gasteiger partial charge in [0.1, 0.15) is 6.61 Å². The van der Waals surface area contributed by atoms with Gasteiger partial charge in [0.05, 0.1) is 18.7 Å². The predicted molar refractivity (Wildman–Crippen MR) is 122 cm³/mol. The number of ether oxygens (including phenoxy) is 2. The molecule has 2 amide bonds. The van der Waals surface area contributed by atoms with Gasteiger partial charge in [0, 0.05) is 24.7 Å². The zero-order valence-electron chi connectivity index (χ0n) is 17.8. The molecular weight excluding hydrogens is 406 g/mol. The SMILES string of the molecule is COc1cc(NNC(=O)[C@H]2CC(=O)N(c3ccccc3)C2)ccc1OCc1ccccc1. The van der Waals surface area contributed by atoms with Crippen LogP contribution in [-0.4, -0.2) is 25.5 Å². The molecule has 7 heteroatoms. The number of carbonyl (C=O) groups excluding carboxylic acids is 2. The number of hydrazine groups is 1. The Balaban J connectivity index is 1.33. The van der Waals surface area contributed by atoms with Crippen molar-refractivity contribution in [2.75, 3.05) is 24.0 Å². The van der Waals surface area contributed by atoms with Crippen molar-refractivity contribution >= 4 is 23.2 Å². The number of hydrogen-bond donors (Lipinski definition) is 2. The third-order valence-corrected chi connectivity index (χ3v) is 5.29. The Morgan fingerprint density at radius 1 is 1.00 bits per heavy atom. The smallest absolute Gasteiger partial charge is 0.243 e. The van der Waals surface area contributed by atoms with Gasteiger partial charge < -0.3 is 14.4 Å². The molecule has 2 N–H and O–H groups in total. The van der Waals surface area contributed by atoms with Gasteiger partial charge in [-0.05, 0) is 29.8 Å². The van der Waals surface area contributed by atoms with Crippen molar-refractivity contribution in [3.63, 3.8) is 0 Å². The minimum Gasteiger partial charge on any atom is -0.493 e. The maximum Gasteiger partial charge on any atom is 0.243 e. The van der Waals surface area contributed by atoms with E-state index in [1.807, 2.05) is 60.7 Å². The Hall–Kier alpha value is -4.00. The van der Waals surface area contributed by atoms with Crippen LogP contribution in [0.1, 0.15) is 12.0 Å². The third kappa shape index (κ3) is 5.00. The molecule has 0 radical (unpaired) electrons. The molecule has 164 valence electrons. The van der Waals surface area contributed by atoms with Crippen molar-refractivity contribution in [3.8, 4) is 11.5 Å². The van der Waals surface area contributed by atoms with Gasteiger partial charge in [0.2, 0.25) is 11.8 Å². The molecule has 0 bridgehead atoms. The summed E-state index contributed by atoms with van der Waals surface area (Å²) in [5, 5.41) is 0. The lowest BCUT2D eigenvalue weighted by molar-refractivity contribution is -0.125. The summed E-state index contributed by atoms with van der Waals surface area (Å²) in [6.07, 6.45) is 0.179. The summed E-state index contributed by atoms with van der Waals surface area (Å²) in [5.41, 5.74) is 8.10. The molecule has 0 unspecified atom stereocenters. The predicted octanol–water partition coefficient (Wildman–Crippen LogP) is 3.77. The van der Waals surface area contributed by atoms with Gasteiger partial charge in [-0.15, -0.1) is 0 Å². The van der Waals surface area contributed by atoms with Crippen LogP contribution in [0.25, 0.3) is 0 Å². The Morgan fingerprint density at radius 3 is 2.44 bits per heavy atom. The van der Waals surface area contributed by atoms with E-state index < -0.39 is 5.92 Å². The molecule has 1 atom stereocenters. The molecule has 0 spiro atoms. The number of para-hydroxylation sites is 1.